The van der Waals surface area contributed by atoms with Crippen molar-refractivity contribution in [2.24, 2.45) is 0 Å². The van der Waals surface area contributed by atoms with E-state index >= 15 is 0 Å². The van der Waals surface area contributed by atoms with Crippen molar-refractivity contribution in [3.63, 3.8) is 0 Å². The largest absolute Gasteiger partial charge is 0.335 e. The summed E-state index contributed by atoms with van der Waals surface area (Å²) >= 11 is 7.11. The average Bonchev–Trinajstić information content (AvgIpc) is 2.97. The first kappa shape index (κ1) is 17.2. The van der Waals surface area contributed by atoms with Crippen molar-refractivity contribution in [1.29, 1.82) is 0 Å². The molecule has 1 aromatic carbocycles. The van der Waals surface area contributed by atoms with E-state index in [1.807, 2.05) is 13.0 Å². The maximum absolute atomic E-state index is 12.1. The summed E-state index contributed by atoms with van der Waals surface area (Å²) in [6.45, 7) is 1.88. The number of halogens is 1. The molecule has 0 fully saturated rings. The number of thioether (sulfide) groups is 1. The highest BCUT2D eigenvalue weighted by molar-refractivity contribution is 7.99. The zero-order valence-corrected chi connectivity index (χ0v) is 14.9. The third-order valence-electron chi connectivity index (χ3n) is 3.35. The van der Waals surface area contributed by atoms with Crippen LogP contribution < -0.4 is 11.2 Å². The number of hydrogen-bond donors (Lipinski definition) is 2. The molecule has 0 radical (unpaired) electrons. The number of carbonyl (C=O) groups excluding carboxylic acids is 1. The molecule has 0 aliphatic carbocycles. The number of aryl methyl sites for hydroxylation is 1. The Morgan fingerprint density at radius 2 is 2.16 bits per heavy atom. The summed E-state index contributed by atoms with van der Waals surface area (Å²) in [4.78, 5) is 16.3. The molecule has 0 aliphatic heterocycles. The average molecular weight is 375 g/mol. The van der Waals surface area contributed by atoms with E-state index in [2.05, 4.69) is 20.5 Å². The summed E-state index contributed by atoms with van der Waals surface area (Å²) in [5.74, 6) is 6.42. The van der Waals surface area contributed by atoms with E-state index < -0.39 is 0 Å². The normalized spacial score (nSPS) is 10.6. The number of benzene rings is 1. The highest BCUT2D eigenvalue weighted by atomic mass is 35.5. The predicted molar refractivity (Wildman–Crippen MR) is 98.9 cm³/mol. The number of nitrogens with one attached hydrogen (secondary N) is 1. The molecular formula is C16H15ClN6OS. The molecule has 0 saturated carbocycles. The summed E-state index contributed by atoms with van der Waals surface area (Å²) in [5.41, 5.74) is 2.23. The second-order valence-electron chi connectivity index (χ2n) is 5.19. The Bertz CT molecular complexity index is 899. The molecular weight excluding hydrogens is 360 g/mol. The predicted octanol–water partition coefficient (Wildman–Crippen LogP) is 2.75. The third kappa shape index (κ3) is 4.09. The van der Waals surface area contributed by atoms with Crippen LogP contribution in [0.25, 0.3) is 11.5 Å². The molecule has 9 heteroatoms. The fraction of sp³-hybridized carbons (Fsp3) is 0.125. The number of nitrogen functional groups attached to an aromatic ring is 1. The van der Waals surface area contributed by atoms with Gasteiger partial charge in [0.2, 0.25) is 16.9 Å². The first-order valence-electron chi connectivity index (χ1n) is 7.35. The van der Waals surface area contributed by atoms with Crippen molar-refractivity contribution in [1.82, 2.24) is 19.9 Å². The molecule has 7 nitrogen and oxygen atoms in total. The first-order chi connectivity index (χ1) is 12.0. The maximum atomic E-state index is 12.1. The van der Waals surface area contributed by atoms with E-state index in [0.29, 0.717) is 21.7 Å². The van der Waals surface area contributed by atoms with Gasteiger partial charge in [0.1, 0.15) is 5.69 Å². The van der Waals surface area contributed by atoms with Crippen LogP contribution >= 0.6 is 23.4 Å². The topological polar surface area (TPSA) is 98.7 Å². The Balaban J connectivity index is 1.64. The van der Waals surface area contributed by atoms with Crippen LogP contribution in [0.2, 0.25) is 5.02 Å². The monoisotopic (exact) mass is 374 g/mol. The summed E-state index contributed by atoms with van der Waals surface area (Å²) in [7, 11) is 0. The lowest BCUT2D eigenvalue weighted by Gasteiger charge is -2.08. The van der Waals surface area contributed by atoms with Crippen LogP contribution in [0.5, 0.6) is 0 Å². The van der Waals surface area contributed by atoms with Crippen molar-refractivity contribution in [3.05, 3.63) is 53.2 Å². The van der Waals surface area contributed by atoms with Gasteiger partial charge in [0.25, 0.3) is 0 Å². The van der Waals surface area contributed by atoms with E-state index in [1.54, 1.807) is 36.5 Å². The van der Waals surface area contributed by atoms with Crippen molar-refractivity contribution >= 4 is 35.0 Å². The van der Waals surface area contributed by atoms with Crippen molar-refractivity contribution in [3.8, 4) is 11.5 Å². The van der Waals surface area contributed by atoms with Gasteiger partial charge in [-0.25, -0.2) is 4.68 Å². The van der Waals surface area contributed by atoms with Crippen LogP contribution in [0.15, 0.2) is 47.8 Å². The highest BCUT2D eigenvalue weighted by Gasteiger charge is 2.14. The highest BCUT2D eigenvalue weighted by Crippen LogP contribution is 2.22. The Morgan fingerprint density at radius 1 is 1.32 bits per heavy atom. The number of rotatable bonds is 5. The Morgan fingerprint density at radius 3 is 2.88 bits per heavy atom. The van der Waals surface area contributed by atoms with E-state index in [0.717, 1.165) is 11.3 Å². The van der Waals surface area contributed by atoms with E-state index in [-0.39, 0.29) is 11.7 Å². The Labute approximate surface area is 153 Å². The molecule has 0 spiro atoms. The molecule has 1 amide bonds. The lowest BCUT2D eigenvalue weighted by molar-refractivity contribution is -0.113. The maximum Gasteiger partial charge on any atom is 0.234 e. The summed E-state index contributed by atoms with van der Waals surface area (Å²) in [6.07, 6.45) is 1.65. The zero-order valence-electron chi connectivity index (χ0n) is 13.3. The number of hydrogen-bond acceptors (Lipinski definition) is 6. The minimum absolute atomic E-state index is 0.152. The number of anilines is 1. The van der Waals surface area contributed by atoms with Gasteiger partial charge in [-0.1, -0.05) is 29.4 Å². The molecule has 2 aromatic heterocycles. The fourth-order valence-corrected chi connectivity index (χ4v) is 3.01. The molecule has 0 saturated heterocycles. The minimum atomic E-state index is -0.169. The smallest absolute Gasteiger partial charge is 0.234 e. The molecule has 0 bridgehead atoms. The van der Waals surface area contributed by atoms with Gasteiger partial charge in [0.05, 0.1) is 5.75 Å². The quantitative estimate of drug-likeness (QED) is 0.526. The van der Waals surface area contributed by atoms with Gasteiger partial charge in [-0.05, 0) is 42.8 Å². The van der Waals surface area contributed by atoms with Gasteiger partial charge in [-0.3, -0.25) is 9.78 Å². The second kappa shape index (κ2) is 7.54. The Kier molecular flexibility index (Phi) is 5.20. The van der Waals surface area contributed by atoms with Crippen LogP contribution in [0, 0.1) is 6.92 Å². The van der Waals surface area contributed by atoms with Crippen LogP contribution in [-0.2, 0) is 4.79 Å². The molecule has 3 N–H and O–H groups in total. The minimum Gasteiger partial charge on any atom is -0.335 e. The fourth-order valence-electron chi connectivity index (χ4n) is 2.13. The molecule has 3 rings (SSSR count). The number of amides is 1. The number of nitrogens with two attached hydrogens (primary N) is 1. The van der Waals surface area contributed by atoms with E-state index in [9.17, 15) is 4.79 Å². The number of nitrogens with zero attached hydrogens (tertiary/aromatic N) is 4. The van der Waals surface area contributed by atoms with Gasteiger partial charge < -0.3 is 11.2 Å². The molecule has 0 unspecified atom stereocenters. The van der Waals surface area contributed by atoms with Crippen LogP contribution in [0.3, 0.4) is 0 Å². The van der Waals surface area contributed by atoms with Crippen molar-refractivity contribution < 1.29 is 4.79 Å². The number of aromatic nitrogens is 4. The standard InChI is InChI=1S/C16H15ClN6OS/c1-10-8-11(17)5-6-12(10)20-14(24)9-25-16-22-21-15(23(16)18)13-4-2-3-7-19-13/h2-8H,9,18H2,1H3,(H,20,24). The van der Waals surface area contributed by atoms with E-state index in [1.165, 1.54) is 16.4 Å². The second-order valence-corrected chi connectivity index (χ2v) is 6.57. The Hall–Kier alpha value is -2.58. The molecule has 25 heavy (non-hydrogen) atoms. The third-order valence-corrected chi connectivity index (χ3v) is 4.53. The zero-order chi connectivity index (χ0) is 17.8. The van der Waals surface area contributed by atoms with Crippen LogP contribution in [0.1, 0.15) is 5.56 Å². The summed E-state index contributed by atoms with van der Waals surface area (Å²) in [6, 6.07) is 10.7. The first-order valence-corrected chi connectivity index (χ1v) is 8.71. The molecule has 0 aliphatic rings. The SMILES string of the molecule is Cc1cc(Cl)ccc1NC(=O)CSc1nnc(-c2ccccn2)n1N. The van der Waals surface area contributed by atoms with Gasteiger partial charge in [-0.2, -0.15) is 0 Å². The molecule has 3 aromatic rings. The molecule has 2 heterocycles. The van der Waals surface area contributed by atoms with Crippen molar-refractivity contribution in [2.75, 3.05) is 16.9 Å². The van der Waals surface area contributed by atoms with Gasteiger partial charge in [-0.15, -0.1) is 10.2 Å². The number of carbonyl (C=O) groups is 1. The van der Waals surface area contributed by atoms with Crippen molar-refractivity contribution in [2.45, 2.75) is 12.1 Å². The van der Waals surface area contributed by atoms with E-state index in [4.69, 9.17) is 17.4 Å². The molecule has 128 valence electrons. The van der Waals surface area contributed by atoms with Crippen LogP contribution in [-0.4, -0.2) is 31.5 Å². The summed E-state index contributed by atoms with van der Waals surface area (Å²) < 4.78 is 1.33. The van der Waals surface area contributed by atoms with Gasteiger partial charge in [0.15, 0.2) is 0 Å². The van der Waals surface area contributed by atoms with Gasteiger partial charge >= 0.3 is 0 Å². The number of pyridine rings is 1. The molecule has 0 atom stereocenters. The lowest BCUT2D eigenvalue weighted by Crippen LogP contribution is -2.17. The summed E-state index contributed by atoms with van der Waals surface area (Å²) in [5, 5.41) is 11.9. The lowest BCUT2D eigenvalue weighted by atomic mass is 10.2. The van der Waals surface area contributed by atoms with Crippen LogP contribution in [0.4, 0.5) is 5.69 Å². The van der Waals surface area contributed by atoms with Gasteiger partial charge in [0, 0.05) is 16.9 Å².